The summed E-state index contributed by atoms with van der Waals surface area (Å²) in [5.74, 6) is 1.38. The molecule has 2 aromatic rings. The van der Waals surface area contributed by atoms with Crippen LogP contribution < -0.4 is 4.74 Å². The van der Waals surface area contributed by atoms with Gasteiger partial charge in [-0.3, -0.25) is 9.80 Å². The number of thiazole rings is 1. The standard InChI is InChI=1S/C21H31N3O2S/c1-16(2)20-15-27-21(22-20)14-23-8-9-24(18(13-23)7-10-25)12-17-5-4-6-19(11-17)26-3/h4-6,11,15-16,18,25H,7-10,12-14H2,1-3H3/t18-/m1/s1. The summed E-state index contributed by atoms with van der Waals surface area (Å²) in [6.45, 7) is 9.41. The second kappa shape index (κ2) is 9.64. The minimum atomic E-state index is 0.224. The van der Waals surface area contributed by atoms with Gasteiger partial charge >= 0.3 is 0 Å². The smallest absolute Gasteiger partial charge is 0.119 e. The molecule has 1 N–H and O–H groups in total. The van der Waals surface area contributed by atoms with Crippen molar-refractivity contribution < 1.29 is 9.84 Å². The van der Waals surface area contributed by atoms with E-state index in [1.807, 2.05) is 12.1 Å². The minimum Gasteiger partial charge on any atom is -0.497 e. The third kappa shape index (κ3) is 5.51. The fourth-order valence-electron chi connectivity index (χ4n) is 3.59. The number of aliphatic hydroxyl groups excluding tert-OH is 1. The van der Waals surface area contributed by atoms with Gasteiger partial charge in [-0.05, 0) is 30.0 Å². The lowest BCUT2D eigenvalue weighted by atomic mass is 10.1. The lowest BCUT2D eigenvalue weighted by Crippen LogP contribution is -2.52. The van der Waals surface area contributed by atoms with Crippen molar-refractivity contribution in [1.29, 1.82) is 0 Å². The molecule has 1 aliphatic heterocycles. The molecule has 0 unspecified atom stereocenters. The fraction of sp³-hybridized carbons (Fsp3) is 0.571. The molecule has 2 heterocycles. The summed E-state index contributed by atoms with van der Waals surface area (Å²) in [7, 11) is 1.70. The number of aromatic nitrogens is 1. The highest BCUT2D eigenvalue weighted by molar-refractivity contribution is 7.09. The van der Waals surface area contributed by atoms with E-state index in [9.17, 15) is 5.11 Å². The van der Waals surface area contributed by atoms with Crippen LogP contribution in [0.1, 0.15) is 42.5 Å². The molecule has 1 aromatic carbocycles. The number of methoxy groups -OCH3 is 1. The van der Waals surface area contributed by atoms with Crippen LogP contribution in [0.2, 0.25) is 0 Å². The molecular weight excluding hydrogens is 358 g/mol. The van der Waals surface area contributed by atoms with E-state index in [4.69, 9.17) is 9.72 Å². The molecule has 0 bridgehead atoms. The van der Waals surface area contributed by atoms with Gasteiger partial charge in [-0.15, -0.1) is 11.3 Å². The minimum absolute atomic E-state index is 0.224. The van der Waals surface area contributed by atoms with Gasteiger partial charge < -0.3 is 9.84 Å². The Morgan fingerprint density at radius 2 is 2.15 bits per heavy atom. The zero-order chi connectivity index (χ0) is 19.2. The van der Waals surface area contributed by atoms with E-state index in [1.165, 1.54) is 16.3 Å². The second-order valence-corrected chi connectivity index (χ2v) is 8.49. The van der Waals surface area contributed by atoms with Gasteiger partial charge in [0.2, 0.25) is 0 Å². The largest absolute Gasteiger partial charge is 0.497 e. The highest BCUT2D eigenvalue weighted by atomic mass is 32.1. The SMILES string of the molecule is COc1cccc(CN2CCN(Cc3nc(C(C)C)cs3)C[C@H]2CCO)c1. The van der Waals surface area contributed by atoms with E-state index >= 15 is 0 Å². The summed E-state index contributed by atoms with van der Waals surface area (Å²) in [6, 6.07) is 8.63. The summed E-state index contributed by atoms with van der Waals surface area (Å²) < 4.78 is 5.35. The van der Waals surface area contributed by atoms with Crippen LogP contribution in [0.15, 0.2) is 29.6 Å². The molecule has 0 aliphatic carbocycles. The van der Waals surface area contributed by atoms with Crippen molar-refractivity contribution in [3.05, 3.63) is 45.9 Å². The molecule has 5 nitrogen and oxygen atoms in total. The first-order valence-electron chi connectivity index (χ1n) is 9.73. The highest BCUT2D eigenvalue weighted by Gasteiger charge is 2.27. The van der Waals surface area contributed by atoms with E-state index in [1.54, 1.807) is 18.4 Å². The number of hydrogen-bond acceptors (Lipinski definition) is 6. The highest BCUT2D eigenvalue weighted by Crippen LogP contribution is 2.23. The molecule has 148 valence electrons. The van der Waals surface area contributed by atoms with Gasteiger partial charge in [0.1, 0.15) is 10.8 Å². The zero-order valence-corrected chi connectivity index (χ0v) is 17.4. The molecule has 1 atom stereocenters. The van der Waals surface area contributed by atoms with Crippen molar-refractivity contribution in [2.75, 3.05) is 33.4 Å². The lowest BCUT2D eigenvalue weighted by molar-refractivity contribution is 0.0499. The topological polar surface area (TPSA) is 48.8 Å². The van der Waals surface area contributed by atoms with Gasteiger partial charge in [0.15, 0.2) is 0 Å². The van der Waals surface area contributed by atoms with E-state index in [0.717, 1.165) is 44.9 Å². The maximum atomic E-state index is 9.55. The molecule has 3 rings (SSSR count). The van der Waals surface area contributed by atoms with Crippen molar-refractivity contribution in [3.8, 4) is 5.75 Å². The van der Waals surface area contributed by atoms with Gasteiger partial charge in [0.25, 0.3) is 0 Å². The van der Waals surface area contributed by atoms with Crippen LogP contribution in [0.4, 0.5) is 0 Å². The predicted molar refractivity (Wildman–Crippen MR) is 110 cm³/mol. The molecule has 1 aromatic heterocycles. The summed E-state index contributed by atoms with van der Waals surface area (Å²) in [5, 5.41) is 12.9. The van der Waals surface area contributed by atoms with Gasteiger partial charge in [0, 0.05) is 44.2 Å². The third-order valence-electron chi connectivity index (χ3n) is 5.19. The first-order valence-corrected chi connectivity index (χ1v) is 10.6. The van der Waals surface area contributed by atoms with Crippen LogP contribution in [0, 0.1) is 0 Å². The van der Waals surface area contributed by atoms with Crippen molar-refractivity contribution in [2.24, 2.45) is 0 Å². The molecule has 6 heteroatoms. The Balaban J connectivity index is 1.61. The van der Waals surface area contributed by atoms with Gasteiger partial charge in [-0.2, -0.15) is 0 Å². The van der Waals surface area contributed by atoms with E-state index in [-0.39, 0.29) is 6.61 Å². The number of benzene rings is 1. The normalized spacial score (nSPS) is 18.9. The summed E-state index contributed by atoms with van der Waals surface area (Å²) in [6.07, 6.45) is 0.801. The molecule has 27 heavy (non-hydrogen) atoms. The maximum absolute atomic E-state index is 9.55. The fourth-order valence-corrected chi connectivity index (χ4v) is 4.59. The number of nitrogens with zero attached hydrogens (tertiary/aromatic N) is 3. The number of ether oxygens (including phenoxy) is 1. The van der Waals surface area contributed by atoms with Crippen molar-refractivity contribution in [3.63, 3.8) is 0 Å². The Hall–Kier alpha value is -1.47. The van der Waals surface area contributed by atoms with Crippen LogP contribution in [0.3, 0.4) is 0 Å². The summed E-state index contributed by atoms with van der Waals surface area (Å²) in [4.78, 5) is 9.75. The molecule has 1 aliphatic rings. The zero-order valence-electron chi connectivity index (χ0n) is 16.6. The van der Waals surface area contributed by atoms with Crippen molar-refractivity contribution in [1.82, 2.24) is 14.8 Å². The Morgan fingerprint density at radius 1 is 1.30 bits per heavy atom. The van der Waals surface area contributed by atoms with Crippen LogP contribution in [0.5, 0.6) is 5.75 Å². The summed E-state index contributed by atoms with van der Waals surface area (Å²) in [5.41, 5.74) is 2.45. The number of piperazine rings is 1. The average molecular weight is 390 g/mol. The van der Waals surface area contributed by atoms with Crippen LogP contribution in [-0.2, 0) is 13.1 Å². The first-order chi connectivity index (χ1) is 13.1. The molecule has 1 saturated heterocycles. The first kappa shape index (κ1) is 20.3. The van der Waals surface area contributed by atoms with Gasteiger partial charge in [-0.1, -0.05) is 26.0 Å². The monoisotopic (exact) mass is 389 g/mol. The molecular formula is C21H31N3O2S. The van der Waals surface area contributed by atoms with Crippen molar-refractivity contribution >= 4 is 11.3 Å². The quantitative estimate of drug-likeness (QED) is 0.750. The lowest BCUT2D eigenvalue weighted by Gasteiger charge is -2.41. The number of aliphatic hydroxyl groups is 1. The average Bonchev–Trinajstić information content (AvgIpc) is 3.13. The van der Waals surface area contributed by atoms with Crippen molar-refractivity contribution in [2.45, 2.75) is 45.3 Å². The van der Waals surface area contributed by atoms with E-state index < -0.39 is 0 Å². The maximum Gasteiger partial charge on any atom is 0.119 e. The number of rotatable bonds is 8. The second-order valence-electron chi connectivity index (χ2n) is 7.54. The Morgan fingerprint density at radius 3 is 2.85 bits per heavy atom. The Kier molecular flexibility index (Phi) is 7.24. The Bertz CT molecular complexity index is 719. The van der Waals surface area contributed by atoms with Crippen LogP contribution >= 0.6 is 11.3 Å². The van der Waals surface area contributed by atoms with Crippen LogP contribution in [0.25, 0.3) is 0 Å². The molecule has 1 fully saturated rings. The third-order valence-corrected chi connectivity index (χ3v) is 6.04. The van der Waals surface area contributed by atoms with Gasteiger partial charge in [0.05, 0.1) is 19.3 Å². The van der Waals surface area contributed by atoms with Gasteiger partial charge in [-0.25, -0.2) is 4.98 Å². The molecule has 0 amide bonds. The predicted octanol–water partition coefficient (Wildman–Crippen LogP) is 3.34. The molecule has 0 spiro atoms. The molecule has 0 saturated carbocycles. The van der Waals surface area contributed by atoms with E-state index in [0.29, 0.717) is 12.0 Å². The van der Waals surface area contributed by atoms with Crippen LogP contribution in [-0.4, -0.2) is 59.3 Å². The summed E-state index contributed by atoms with van der Waals surface area (Å²) >= 11 is 1.76. The number of hydrogen-bond donors (Lipinski definition) is 1. The molecule has 0 radical (unpaired) electrons. The van der Waals surface area contributed by atoms with E-state index in [2.05, 4.69) is 41.2 Å². The Labute approximate surface area is 166 Å².